The average molecular weight is 482 g/mol. The Bertz CT molecular complexity index is 1600. The van der Waals surface area contributed by atoms with E-state index < -0.39 is 10.2 Å². The number of para-hydroxylation sites is 2. The monoisotopic (exact) mass is 482 g/mol. The molecule has 0 unspecified atom stereocenters. The van der Waals surface area contributed by atoms with Gasteiger partial charge < -0.3 is 10.4 Å². The summed E-state index contributed by atoms with van der Waals surface area (Å²) in [6.07, 6.45) is 0. The van der Waals surface area contributed by atoms with E-state index in [1.165, 1.54) is 21.9 Å². The molecule has 10 heteroatoms. The smallest absolute Gasteiger partial charge is 0.291 e. The molecule has 10 nitrogen and oxygen atoms in total. The van der Waals surface area contributed by atoms with Crippen molar-refractivity contribution in [1.82, 2.24) is 9.97 Å². The van der Waals surface area contributed by atoms with E-state index in [0.29, 0.717) is 0 Å². The van der Waals surface area contributed by atoms with Crippen molar-refractivity contribution in [2.45, 2.75) is 0 Å². The first-order chi connectivity index (χ1) is 17.3. The van der Waals surface area contributed by atoms with Crippen molar-refractivity contribution in [3.63, 3.8) is 0 Å². The van der Waals surface area contributed by atoms with Crippen molar-refractivity contribution in [3.05, 3.63) is 117 Å². The van der Waals surface area contributed by atoms with Crippen LogP contribution in [0.15, 0.2) is 97.1 Å². The standard InChI is InChI=1S/C26H16N2.2HNO3/c1-3-11-23-17(7-1)15-21-19(9-5-13-25(21)27-23)20-10-6-14-26-22(20)16-18-8-2-4-12-24(18)28-26;2*2-1(3)4/h1-16H;2*(H,2,3,4). The van der Waals surface area contributed by atoms with E-state index in [-0.39, 0.29) is 0 Å². The molecule has 178 valence electrons. The van der Waals surface area contributed by atoms with Gasteiger partial charge in [0.05, 0.1) is 22.1 Å². The Labute approximate surface area is 202 Å². The molecule has 2 N–H and O–H groups in total. The Morgan fingerprint density at radius 1 is 0.528 bits per heavy atom. The minimum Gasteiger partial charge on any atom is -0.328 e. The van der Waals surface area contributed by atoms with Crippen LogP contribution in [-0.2, 0) is 0 Å². The van der Waals surface area contributed by atoms with Gasteiger partial charge in [-0.1, -0.05) is 60.7 Å². The van der Waals surface area contributed by atoms with Gasteiger partial charge in [-0.25, -0.2) is 9.97 Å². The molecule has 0 saturated heterocycles. The fourth-order valence-electron chi connectivity index (χ4n) is 4.07. The predicted molar refractivity (Wildman–Crippen MR) is 135 cm³/mol. The summed E-state index contributed by atoms with van der Waals surface area (Å²) < 4.78 is 0. The fourth-order valence-corrected chi connectivity index (χ4v) is 4.07. The molecular formula is C26H18N4O6. The molecule has 0 bridgehead atoms. The third kappa shape index (κ3) is 5.23. The summed E-state index contributed by atoms with van der Waals surface area (Å²) in [7, 11) is 0. The highest BCUT2D eigenvalue weighted by atomic mass is 16.9. The van der Waals surface area contributed by atoms with Gasteiger partial charge in [0.2, 0.25) is 0 Å². The molecule has 0 aliphatic rings. The Hall–Kier alpha value is -5.38. The van der Waals surface area contributed by atoms with Crippen LogP contribution in [0.1, 0.15) is 0 Å². The second-order valence-electron chi connectivity index (χ2n) is 7.58. The number of fused-ring (bicyclic) bond motifs is 4. The van der Waals surface area contributed by atoms with Crippen LogP contribution in [0, 0.1) is 20.2 Å². The first kappa shape index (κ1) is 23.8. The number of rotatable bonds is 1. The summed E-state index contributed by atoms with van der Waals surface area (Å²) in [5.41, 5.74) is 6.47. The van der Waals surface area contributed by atoms with Gasteiger partial charge >= 0.3 is 0 Å². The van der Waals surface area contributed by atoms with E-state index >= 15 is 0 Å². The van der Waals surface area contributed by atoms with Crippen LogP contribution in [0.25, 0.3) is 54.7 Å². The Morgan fingerprint density at radius 2 is 0.861 bits per heavy atom. The molecule has 0 radical (unpaired) electrons. The maximum Gasteiger partial charge on any atom is 0.291 e. The van der Waals surface area contributed by atoms with Gasteiger partial charge in [0, 0.05) is 21.5 Å². The molecule has 2 aromatic heterocycles. The SMILES string of the molecule is O=[N+]([O-])O.O=[N+]([O-])O.c1ccc2nc3cccc(-c4cccc5nc6ccccc6cc45)c3cc2c1. The molecule has 0 fully saturated rings. The largest absolute Gasteiger partial charge is 0.328 e. The number of hydrogen-bond donors (Lipinski definition) is 2. The van der Waals surface area contributed by atoms with E-state index in [0.717, 1.165) is 32.8 Å². The van der Waals surface area contributed by atoms with Crippen LogP contribution in [0.5, 0.6) is 0 Å². The number of nitrogens with zero attached hydrogens (tertiary/aromatic N) is 4. The molecule has 4 aromatic carbocycles. The zero-order valence-corrected chi connectivity index (χ0v) is 18.6. The van der Waals surface area contributed by atoms with Crippen molar-refractivity contribution in [1.29, 1.82) is 0 Å². The summed E-state index contributed by atoms with van der Waals surface area (Å²) in [5.74, 6) is 0. The maximum absolute atomic E-state index is 8.36. The normalized spacial score (nSPS) is 10.3. The summed E-state index contributed by atoms with van der Waals surface area (Å²) in [5, 5.41) is 31.9. The van der Waals surface area contributed by atoms with Crippen LogP contribution >= 0.6 is 0 Å². The number of hydrogen-bond acceptors (Lipinski definition) is 6. The minimum atomic E-state index is -1.50. The molecule has 0 spiro atoms. The van der Waals surface area contributed by atoms with Gasteiger partial charge in [-0.3, -0.25) is 0 Å². The van der Waals surface area contributed by atoms with Gasteiger partial charge in [0.1, 0.15) is 0 Å². The number of pyridine rings is 2. The molecule has 2 heterocycles. The molecule has 0 atom stereocenters. The zero-order valence-electron chi connectivity index (χ0n) is 18.6. The highest BCUT2D eigenvalue weighted by Gasteiger charge is 2.11. The second-order valence-corrected chi connectivity index (χ2v) is 7.58. The lowest BCUT2D eigenvalue weighted by atomic mass is 9.95. The minimum absolute atomic E-state index is 1.02. The van der Waals surface area contributed by atoms with Crippen molar-refractivity contribution in [2.75, 3.05) is 0 Å². The van der Waals surface area contributed by atoms with Crippen LogP contribution in [0.4, 0.5) is 0 Å². The summed E-state index contributed by atoms with van der Waals surface area (Å²) >= 11 is 0. The fraction of sp³-hybridized carbons (Fsp3) is 0. The third-order valence-electron chi connectivity index (χ3n) is 5.41. The lowest BCUT2D eigenvalue weighted by Crippen LogP contribution is -1.89. The lowest BCUT2D eigenvalue weighted by molar-refractivity contribution is -0.742. The Kier molecular flexibility index (Phi) is 6.78. The zero-order chi connectivity index (χ0) is 25.7. The van der Waals surface area contributed by atoms with Gasteiger partial charge in [0.15, 0.2) is 0 Å². The first-order valence-corrected chi connectivity index (χ1v) is 10.6. The number of aromatic nitrogens is 2. The van der Waals surface area contributed by atoms with Crippen LogP contribution < -0.4 is 0 Å². The molecule has 0 saturated carbocycles. The molecule has 0 aliphatic heterocycles. The molecule has 0 aliphatic carbocycles. The molecular weight excluding hydrogens is 464 g/mol. The third-order valence-corrected chi connectivity index (χ3v) is 5.41. The van der Waals surface area contributed by atoms with Crippen molar-refractivity contribution >= 4 is 43.6 Å². The van der Waals surface area contributed by atoms with E-state index in [4.69, 9.17) is 40.6 Å². The summed E-state index contributed by atoms with van der Waals surface area (Å²) in [4.78, 5) is 26.5. The highest BCUT2D eigenvalue weighted by Crippen LogP contribution is 2.35. The Morgan fingerprint density at radius 3 is 1.25 bits per heavy atom. The van der Waals surface area contributed by atoms with Crippen LogP contribution in [0.3, 0.4) is 0 Å². The highest BCUT2D eigenvalue weighted by molar-refractivity contribution is 6.08. The lowest BCUT2D eigenvalue weighted by Gasteiger charge is -2.11. The quantitative estimate of drug-likeness (QED) is 0.163. The van der Waals surface area contributed by atoms with E-state index in [1.54, 1.807) is 0 Å². The van der Waals surface area contributed by atoms with Crippen LogP contribution in [-0.4, -0.2) is 30.6 Å². The van der Waals surface area contributed by atoms with Crippen molar-refractivity contribution in [2.24, 2.45) is 0 Å². The van der Waals surface area contributed by atoms with Gasteiger partial charge in [-0.05, 0) is 47.5 Å². The first-order valence-electron chi connectivity index (χ1n) is 10.6. The Balaban J connectivity index is 0.000000336. The van der Waals surface area contributed by atoms with Crippen LogP contribution in [0.2, 0.25) is 0 Å². The van der Waals surface area contributed by atoms with E-state index in [9.17, 15) is 0 Å². The molecule has 36 heavy (non-hydrogen) atoms. The molecule has 0 amide bonds. The van der Waals surface area contributed by atoms with Gasteiger partial charge in [-0.15, -0.1) is 20.2 Å². The molecule has 6 rings (SSSR count). The summed E-state index contributed by atoms with van der Waals surface area (Å²) in [6, 6.07) is 33.8. The van der Waals surface area contributed by atoms with Crippen molar-refractivity contribution in [3.8, 4) is 11.1 Å². The van der Waals surface area contributed by atoms with E-state index in [1.807, 2.05) is 12.1 Å². The maximum atomic E-state index is 8.36. The van der Waals surface area contributed by atoms with Gasteiger partial charge in [-0.2, -0.15) is 0 Å². The summed E-state index contributed by atoms with van der Waals surface area (Å²) in [6.45, 7) is 0. The van der Waals surface area contributed by atoms with Crippen molar-refractivity contribution < 1.29 is 20.6 Å². The average Bonchev–Trinajstić information content (AvgIpc) is 2.85. The second kappa shape index (κ2) is 10.3. The van der Waals surface area contributed by atoms with Gasteiger partial charge in [0.25, 0.3) is 10.2 Å². The molecule has 6 aromatic rings. The predicted octanol–water partition coefficient (Wildman–Crippen LogP) is 6.06. The van der Waals surface area contributed by atoms with E-state index in [2.05, 4.69) is 84.9 Å². The number of benzene rings is 4. The topological polar surface area (TPSA) is 153 Å².